The third kappa shape index (κ3) is 7.03. The van der Waals surface area contributed by atoms with Crippen molar-refractivity contribution >= 4 is 22.1 Å². The molecule has 3 nitrogen and oxygen atoms in total. The second kappa shape index (κ2) is 9.31. The van der Waals surface area contributed by atoms with Crippen molar-refractivity contribution in [3.05, 3.63) is 0 Å². The fourth-order valence-corrected chi connectivity index (χ4v) is 1.70. The van der Waals surface area contributed by atoms with E-state index in [4.69, 9.17) is 10.8 Å². The van der Waals surface area contributed by atoms with Crippen molar-refractivity contribution in [3.63, 3.8) is 0 Å². The fraction of sp³-hybridized carbons (Fsp3) is 0.909. The van der Waals surface area contributed by atoms with Gasteiger partial charge in [-0.15, -0.1) is 0 Å². The normalized spacial score (nSPS) is 17.9. The van der Waals surface area contributed by atoms with Gasteiger partial charge in [0, 0.05) is 17.5 Å². The molecule has 0 radical (unpaired) electrons. The molecule has 0 saturated heterocycles. The molecule has 0 aromatic carbocycles. The molecule has 0 heterocycles. The molecule has 4 heteroatoms. The first-order chi connectivity index (χ1) is 7.13. The van der Waals surface area contributed by atoms with Gasteiger partial charge in [0.2, 0.25) is 0 Å². The molecule has 0 rings (SSSR count). The second-order valence-corrected chi connectivity index (χ2v) is 4.97. The maximum absolute atomic E-state index is 8.60. The summed E-state index contributed by atoms with van der Waals surface area (Å²) < 4.78 is 0. The zero-order valence-electron chi connectivity index (χ0n) is 9.69. The Morgan fingerprint density at radius 1 is 1.47 bits per heavy atom. The third-order valence-electron chi connectivity index (χ3n) is 2.45. The van der Waals surface area contributed by atoms with E-state index >= 15 is 0 Å². The number of hydrogen-bond donors (Lipinski definition) is 2. The largest absolute Gasteiger partial charge is 0.396 e. The lowest BCUT2D eigenvalue weighted by Gasteiger charge is -2.20. The van der Waals surface area contributed by atoms with Gasteiger partial charge in [0.1, 0.15) is 0 Å². The van der Waals surface area contributed by atoms with Crippen LogP contribution in [0.25, 0.3) is 0 Å². The standard InChI is InChI=1S/C11H23BrN2O/c1-3-10(12)11(13)9(2)14-7-5-4-6-8-15/h7,9-11,15H,3-6,8,13H2,1-2H3. The number of aliphatic hydroxyl groups is 1. The minimum atomic E-state index is 0.0732. The molecule has 0 aliphatic heterocycles. The quantitative estimate of drug-likeness (QED) is 0.406. The van der Waals surface area contributed by atoms with E-state index in [1.807, 2.05) is 13.1 Å². The molecule has 0 amide bonds. The minimum Gasteiger partial charge on any atom is -0.396 e. The van der Waals surface area contributed by atoms with Crippen molar-refractivity contribution in [2.45, 2.75) is 56.4 Å². The molecular weight excluding hydrogens is 256 g/mol. The summed E-state index contributed by atoms with van der Waals surface area (Å²) >= 11 is 3.54. The van der Waals surface area contributed by atoms with Gasteiger partial charge in [-0.3, -0.25) is 4.99 Å². The lowest BCUT2D eigenvalue weighted by molar-refractivity contribution is 0.286. The number of nitrogens with two attached hydrogens (primary N) is 1. The number of aliphatic imine (C=N–C) groups is 1. The summed E-state index contributed by atoms with van der Waals surface area (Å²) in [7, 11) is 0. The highest BCUT2D eigenvalue weighted by atomic mass is 79.9. The molecule has 0 saturated carbocycles. The molecule has 3 N–H and O–H groups in total. The van der Waals surface area contributed by atoms with Crippen LogP contribution in [0.5, 0.6) is 0 Å². The molecule has 3 unspecified atom stereocenters. The van der Waals surface area contributed by atoms with Crippen LogP contribution in [0.3, 0.4) is 0 Å². The van der Waals surface area contributed by atoms with Crippen LogP contribution in [0.4, 0.5) is 0 Å². The van der Waals surface area contributed by atoms with Crippen LogP contribution in [-0.2, 0) is 0 Å². The summed E-state index contributed by atoms with van der Waals surface area (Å²) in [4.78, 5) is 4.74. The zero-order valence-corrected chi connectivity index (χ0v) is 11.3. The van der Waals surface area contributed by atoms with E-state index in [2.05, 4.69) is 27.8 Å². The van der Waals surface area contributed by atoms with Crippen molar-refractivity contribution in [3.8, 4) is 0 Å². The van der Waals surface area contributed by atoms with Crippen molar-refractivity contribution in [1.82, 2.24) is 0 Å². The monoisotopic (exact) mass is 278 g/mol. The second-order valence-electron chi connectivity index (χ2n) is 3.79. The van der Waals surface area contributed by atoms with Gasteiger partial charge < -0.3 is 10.8 Å². The first kappa shape index (κ1) is 15.1. The molecule has 0 spiro atoms. The average molecular weight is 279 g/mol. The molecule has 15 heavy (non-hydrogen) atoms. The number of unbranched alkanes of at least 4 members (excludes halogenated alkanes) is 2. The first-order valence-electron chi connectivity index (χ1n) is 5.65. The Morgan fingerprint density at radius 3 is 2.67 bits per heavy atom. The fourth-order valence-electron chi connectivity index (χ4n) is 1.26. The van der Waals surface area contributed by atoms with Crippen LogP contribution in [0.1, 0.15) is 39.5 Å². The topological polar surface area (TPSA) is 58.6 Å². The van der Waals surface area contributed by atoms with Gasteiger partial charge in [0.25, 0.3) is 0 Å². The Hall–Kier alpha value is 0.0700. The van der Waals surface area contributed by atoms with Gasteiger partial charge in [0.15, 0.2) is 0 Å². The van der Waals surface area contributed by atoms with Crippen LogP contribution in [0.2, 0.25) is 0 Å². The molecule has 3 atom stereocenters. The van der Waals surface area contributed by atoms with Gasteiger partial charge >= 0.3 is 0 Å². The molecule has 0 aliphatic carbocycles. The summed E-state index contributed by atoms with van der Waals surface area (Å²) in [5, 5.41) is 8.60. The maximum Gasteiger partial charge on any atom is 0.0629 e. The number of hydrogen-bond acceptors (Lipinski definition) is 3. The molecule has 0 bridgehead atoms. The van der Waals surface area contributed by atoms with E-state index in [9.17, 15) is 0 Å². The molecule has 90 valence electrons. The highest BCUT2D eigenvalue weighted by Gasteiger charge is 2.18. The van der Waals surface area contributed by atoms with Crippen LogP contribution in [0, 0.1) is 0 Å². The molecular formula is C11H23BrN2O. The van der Waals surface area contributed by atoms with E-state index in [-0.39, 0.29) is 18.7 Å². The Morgan fingerprint density at radius 2 is 2.13 bits per heavy atom. The van der Waals surface area contributed by atoms with Crippen molar-refractivity contribution < 1.29 is 5.11 Å². The lowest BCUT2D eigenvalue weighted by atomic mass is 10.1. The maximum atomic E-state index is 8.60. The highest BCUT2D eigenvalue weighted by molar-refractivity contribution is 9.09. The van der Waals surface area contributed by atoms with Crippen LogP contribution in [0.15, 0.2) is 4.99 Å². The average Bonchev–Trinajstić information content (AvgIpc) is 2.26. The summed E-state index contributed by atoms with van der Waals surface area (Å²) in [5.74, 6) is 0. The van der Waals surface area contributed by atoms with E-state index < -0.39 is 0 Å². The van der Waals surface area contributed by atoms with Gasteiger partial charge in [-0.25, -0.2) is 0 Å². The van der Waals surface area contributed by atoms with Crippen molar-refractivity contribution in [1.29, 1.82) is 0 Å². The third-order valence-corrected chi connectivity index (χ3v) is 3.70. The van der Waals surface area contributed by atoms with Crippen LogP contribution < -0.4 is 5.73 Å². The van der Waals surface area contributed by atoms with Crippen LogP contribution >= 0.6 is 15.9 Å². The number of rotatable bonds is 8. The summed E-state index contributed by atoms with van der Waals surface area (Å²) in [5.41, 5.74) is 6.01. The Labute approximate surface area is 101 Å². The van der Waals surface area contributed by atoms with Gasteiger partial charge in [-0.1, -0.05) is 22.9 Å². The number of halogens is 1. The first-order valence-corrected chi connectivity index (χ1v) is 6.57. The van der Waals surface area contributed by atoms with Crippen molar-refractivity contribution in [2.24, 2.45) is 10.7 Å². The molecule has 0 fully saturated rings. The SMILES string of the molecule is CCC(Br)C(N)C(C)N=CCCCCO. The van der Waals surface area contributed by atoms with E-state index in [1.54, 1.807) is 0 Å². The zero-order chi connectivity index (χ0) is 11.7. The van der Waals surface area contributed by atoms with Gasteiger partial charge in [0.05, 0.1) is 6.04 Å². The Balaban J connectivity index is 3.75. The van der Waals surface area contributed by atoms with E-state index in [0.717, 1.165) is 25.7 Å². The van der Waals surface area contributed by atoms with E-state index in [0.29, 0.717) is 4.83 Å². The van der Waals surface area contributed by atoms with Gasteiger partial charge in [-0.2, -0.15) is 0 Å². The lowest BCUT2D eigenvalue weighted by Crippen LogP contribution is -2.39. The molecule has 0 aromatic heterocycles. The number of alkyl halides is 1. The van der Waals surface area contributed by atoms with Crippen molar-refractivity contribution in [2.75, 3.05) is 6.61 Å². The Bertz CT molecular complexity index is 176. The van der Waals surface area contributed by atoms with Crippen LogP contribution in [-0.4, -0.2) is 34.8 Å². The minimum absolute atomic E-state index is 0.0732. The summed E-state index contributed by atoms with van der Waals surface area (Å²) in [6.45, 7) is 4.41. The summed E-state index contributed by atoms with van der Waals surface area (Å²) in [6, 6.07) is 0.229. The molecule has 0 aromatic rings. The predicted octanol–water partition coefficient (Wildman–Crippen LogP) is 2.11. The summed E-state index contributed by atoms with van der Waals surface area (Å²) in [6.07, 6.45) is 5.72. The predicted molar refractivity (Wildman–Crippen MR) is 69.9 cm³/mol. The highest BCUT2D eigenvalue weighted by Crippen LogP contribution is 2.12. The van der Waals surface area contributed by atoms with E-state index in [1.165, 1.54) is 0 Å². The smallest absolute Gasteiger partial charge is 0.0629 e. The van der Waals surface area contributed by atoms with Gasteiger partial charge in [-0.05, 0) is 38.8 Å². The number of nitrogens with zero attached hydrogens (tertiary/aromatic N) is 1. The molecule has 0 aliphatic rings. The number of aliphatic hydroxyl groups excluding tert-OH is 1. The Kier molecular flexibility index (Phi) is 9.35.